The highest BCUT2D eigenvalue weighted by molar-refractivity contribution is 6.31. The number of amides is 3. The highest BCUT2D eigenvalue weighted by Crippen LogP contribution is 2.35. The fourth-order valence-corrected chi connectivity index (χ4v) is 3.13. The minimum absolute atomic E-state index is 0.185. The van der Waals surface area contributed by atoms with Gasteiger partial charge in [-0.1, -0.05) is 17.7 Å². The van der Waals surface area contributed by atoms with E-state index in [1.807, 2.05) is 0 Å². The summed E-state index contributed by atoms with van der Waals surface area (Å²) < 4.78 is 10.7. The lowest BCUT2D eigenvalue weighted by molar-refractivity contribution is -0.123. The molecule has 0 aliphatic carbocycles. The molecule has 0 saturated heterocycles. The molecule has 1 heterocycles. The van der Waals surface area contributed by atoms with Crippen LogP contribution in [0.15, 0.2) is 36.4 Å². The Morgan fingerprint density at radius 2 is 1.94 bits per heavy atom. The molecule has 2 aromatic carbocycles. The van der Waals surface area contributed by atoms with Crippen LogP contribution in [0.4, 0.5) is 21.9 Å². The van der Waals surface area contributed by atoms with Crippen molar-refractivity contribution in [3.05, 3.63) is 47.0 Å². The highest BCUT2D eigenvalue weighted by Gasteiger charge is 2.28. The van der Waals surface area contributed by atoms with Crippen LogP contribution < -0.4 is 20.3 Å². The average molecular weight is 446 g/mol. The van der Waals surface area contributed by atoms with Crippen molar-refractivity contribution in [1.82, 2.24) is 0 Å². The number of nitrogens with zero attached hydrogens (tertiary/aromatic N) is 1. The largest absolute Gasteiger partial charge is 0.482 e. The van der Waals surface area contributed by atoms with Gasteiger partial charge in [0.15, 0.2) is 6.61 Å². The molecule has 0 fully saturated rings. The second-order valence-electron chi connectivity index (χ2n) is 8.04. The van der Waals surface area contributed by atoms with E-state index < -0.39 is 17.6 Å². The van der Waals surface area contributed by atoms with Crippen LogP contribution in [-0.2, 0) is 14.3 Å². The quantitative estimate of drug-likeness (QED) is 0.728. The zero-order valence-electron chi connectivity index (χ0n) is 17.7. The van der Waals surface area contributed by atoms with Crippen LogP contribution in [0, 0.1) is 6.92 Å². The van der Waals surface area contributed by atoms with Crippen LogP contribution in [0.1, 0.15) is 26.3 Å². The van der Waals surface area contributed by atoms with Gasteiger partial charge in [0.1, 0.15) is 17.9 Å². The number of nitrogens with one attached hydrogen (secondary N) is 2. The van der Waals surface area contributed by atoms with Gasteiger partial charge in [-0.05, 0) is 63.6 Å². The molecule has 0 atom stereocenters. The van der Waals surface area contributed by atoms with Crippen molar-refractivity contribution >= 4 is 46.6 Å². The Bertz CT molecular complexity index is 1030. The maximum atomic E-state index is 12.6. The average Bonchev–Trinajstić information content (AvgIpc) is 2.66. The van der Waals surface area contributed by atoms with Gasteiger partial charge in [-0.3, -0.25) is 19.8 Å². The van der Waals surface area contributed by atoms with E-state index in [-0.39, 0.29) is 19.1 Å². The molecule has 1 aliphatic rings. The summed E-state index contributed by atoms with van der Waals surface area (Å²) in [6.07, 6.45) is -0.628. The summed E-state index contributed by atoms with van der Waals surface area (Å²) in [4.78, 5) is 38.5. The van der Waals surface area contributed by atoms with Gasteiger partial charge in [-0.2, -0.15) is 0 Å². The lowest BCUT2D eigenvalue weighted by atomic mass is 10.2. The van der Waals surface area contributed by atoms with Gasteiger partial charge in [0, 0.05) is 16.4 Å². The first kappa shape index (κ1) is 22.4. The van der Waals surface area contributed by atoms with E-state index in [0.29, 0.717) is 27.8 Å². The Hall–Kier alpha value is -3.26. The van der Waals surface area contributed by atoms with E-state index in [1.165, 1.54) is 4.90 Å². The Labute approximate surface area is 185 Å². The molecule has 1 aliphatic heterocycles. The summed E-state index contributed by atoms with van der Waals surface area (Å²) in [6.45, 7) is 6.66. The fraction of sp³-hybridized carbons (Fsp3) is 0.318. The first-order valence-corrected chi connectivity index (χ1v) is 10.0. The Balaban J connectivity index is 1.78. The molecular formula is C22H24ClN3O5. The minimum atomic E-state index is -0.653. The normalized spacial score (nSPS) is 13.2. The van der Waals surface area contributed by atoms with Crippen LogP contribution in [0.25, 0.3) is 0 Å². The zero-order chi connectivity index (χ0) is 22.8. The van der Waals surface area contributed by atoms with E-state index in [4.69, 9.17) is 21.1 Å². The van der Waals surface area contributed by atoms with Crippen molar-refractivity contribution < 1.29 is 23.9 Å². The second kappa shape index (κ2) is 8.85. The minimum Gasteiger partial charge on any atom is -0.482 e. The van der Waals surface area contributed by atoms with Gasteiger partial charge in [0.05, 0.1) is 5.69 Å². The molecule has 0 saturated carbocycles. The predicted molar refractivity (Wildman–Crippen MR) is 119 cm³/mol. The van der Waals surface area contributed by atoms with Gasteiger partial charge >= 0.3 is 6.09 Å². The molecule has 0 aromatic heterocycles. The monoisotopic (exact) mass is 445 g/mol. The summed E-state index contributed by atoms with van der Waals surface area (Å²) >= 11 is 6.10. The van der Waals surface area contributed by atoms with E-state index >= 15 is 0 Å². The van der Waals surface area contributed by atoms with E-state index in [9.17, 15) is 14.4 Å². The van der Waals surface area contributed by atoms with Crippen molar-refractivity contribution in [2.45, 2.75) is 33.3 Å². The van der Waals surface area contributed by atoms with Gasteiger partial charge in [-0.15, -0.1) is 0 Å². The number of rotatable bonds is 4. The number of halogens is 1. The first-order valence-electron chi connectivity index (χ1n) is 9.66. The van der Waals surface area contributed by atoms with Gasteiger partial charge in [-0.25, -0.2) is 4.79 Å². The van der Waals surface area contributed by atoms with E-state index in [1.54, 1.807) is 64.1 Å². The molecule has 164 valence electrons. The lowest BCUT2D eigenvalue weighted by Crippen LogP contribution is -2.43. The zero-order valence-corrected chi connectivity index (χ0v) is 18.5. The summed E-state index contributed by atoms with van der Waals surface area (Å²) in [5, 5.41) is 5.93. The number of ether oxygens (including phenoxy) is 2. The third-order valence-electron chi connectivity index (χ3n) is 4.39. The van der Waals surface area contributed by atoms with Gasteiger partial charge in [0.2, 0.25) is 5.91 Å². The number of hydrogen-bond acceptors (Lipinski definition) is 5. The summed E-state index contributed by atoms with van der Waals surface area (Å²) in [5.41, 5.74) is 1.43. The fourth-order valence-electron chi connectivity index (χ4n) is 2.95. The summed E-state index contributed by atoms with van der Waals surface area (Å²) in [7, 11) is 0. The summed E-state index contributed by atoms with van der Waals surface area (Å²) in [5.74, 6) is -0.335. The molecule has 31 heavy (non-hydrogen) atoms. The van der Waals surface area contributed by atoms with Crippen molar-refractivity contribution in [2.24, 2.45) is 0 Å². The number of carbonyl (C=O) groups is 3. The van der Waals surface area contributed by atoms with Crippen LogP contribution in [0.5, 0.6) is 5.75 Å². The van der Waals surface area contributed by atoms with Crippen molar-refractivity contribution in [3.63, 3.8) is 0 Å². The van der Waals surface area contributed by atoms with Crippen LogP contribution in [0.2, 0.25) is 5.02 Å². The maximum Gasteiger partial charge on any atom is 0.412 e. The lowest BCUT2D eigenvalue weighted by Gasteiger charge is -2.29. The Morgan fingerprint density at radius 3 is 2.65 bits per heavy atom. The number of hydrogen-bond donors (Lipinski definition) is 2. The molecule has 8 nitrogen and oxygen atoms in total. The number of fused-ring (bicyclic) bond motifs is 1. The molecule has 9 heteroatoms. The molecule has 0 unspecified atom stereocenters. The molecule has 0 bridgehead atoms. The second-order valence-corrected chi connectivity index (χ2v) is 8.45. The molecule has 3 amide bonds. The summed E-state index contributed by atoms with van der Waals surface area (Å²) in [6, 6.07) is 10.0. The SMILES string of the molecule is Cc1c(Cl)cccc1NC(=O)CN1C(=O)COc2ccc(NC(=O)OC(C)(C)C)cc21. The Kier molecular flexibility index (Phi) is 6.40. The predicted octanol–water partition coefficient (Wildman–Crippen LogP) is 4.36. The van der Waals surface area contributed by atoms with Gasteiger partial charge < -0.3 is 14.8 Å². The molecular weight excluding hydrogens is 422 g/mol. The van der Waals surface area contributed by atoms with E-state index in [2.05, 4.69) is 10.6 Å². The van der Waals surface area contributed by atoms with Crippen LogP contribution >= 0.6 is 11.6 Å². The third-order valence-corrected chi connectivity index (χ3v) is 4.80. The smallest absolute Gasteiger partial charge is 0.412 e. The molecule has 0 spiro atoms. The molecule has 2 aromatic rings. The standard InChI is InChI=1S/C22H24ClN3O5/c1-13-15(23)6-5-7-16(13)25-19(27)11-26-17-10-14(24-21(29)31-22(2,3)4)8-9-18(17)30-12-20(26)28/h5-10H,11-12H2,1-4H3,(H,24,29)(H,25,27). The molecule has 2 N–H and O–H groups in total. The molecule has 0 radical (unpaired) electrons. The van der Waals surface area contributed by atoms with Crippen LogP contribution in [-0.4, -0.2) is 36.7 Å². The Morgan fingerprint density at radius 1 is 1.19 bits per heavy atom. The number of carbonyl (C=O) groups excluding carboxylic acids is 3. The van der Waals surface area contributed by atoms with Crippen molar-refractivity contribution in [1.29, 1.82) is 0 Å². The maximum absolute atomic E-state index is 12.6. The number of benzene rings is 2. The first-order chi connectivity index (χ1) is 14.5. The number of anilines is 3. The van der Waals surface area contributed by atoms with Crippen molar-refractivity contribution in [3.8, 4) is 5.75 Å². The highest BCUT2D eigenvalue weighted by atomic mass is 35.5. The van der Waals surface area contributed by atoms with Crippen molar-refractivity contribution in [2.75, 3.05) is 28.7 Å². The topological polar surface area (TPSA) is 97.0 Å². The van der Waals surface area contributed by atoms with E-state index in [0.717, 1.165) is 5.56 Å². The van der Waals surface area contributed by atoms with Crippen LogP contribution in [0.3, 0.4) is 0 Å². The third kappa shape index (κ3) is 5.67. The van der Waals surface area contributed by atoms with Gasteiger partial charge in [0.25, 0.3) is 5.91 Å². The molecule has 3 rings (SSSR count).